The van der Waals surface area contributed by atoms with E-state index in [0.29, 0.717) is 29.6 Å². The van der Waals surface area contributed by atoms with Crippen LogP contribution in [-0.2, 0) is 9.59 Å². The molecule has 182 valence electrons. The Labute approximate surface area is 208 Å². The molecule has 36 heavy (non-hydrogen) atoms. The number of rotatable bonds is 7. The molecule has 1 saturated heterocycles. The highest BCUT2D eigenvalue weighted by molar-refractivity contribution is 6.03. The Balaban J connectivity index is 1.21. The van der Waals surface area contributed by atoms with Crippen LogP contribution in [0, 0.1) is 12.8 Å². The lowest BCUT2D eigenvalue weighted by atomic mass is 10.1. The summed E-state index contributed by atoms with van der Waals surface area (Å²) in [6.07, 6.45) is 5.21. The summed E-state index contributed by atoms with van der Waals surface area (Å²) in [5, 5.41) is 6.16. The molecule has 4 aromatic rings. The van der Waals surface area contributed by atoms with Gasteiger partial charge in [0.15, 0.2) is 0 Å². The highest BCUT2D eigenvalue weighted by Crippen LogP contribution is 2.29. The van der Waals surface area contributed by atoms with Gasteiger partial charge in [0.25, 0.3) is 0 Å². The first-order chi connectivity index (χ1) is 17.5. The van der Waals surface area contributed by atoms with Gasteiger partial charge in [-0.2, -0.15) is 0 Å². The molecule has 3 heterocycles. The number of amides is 2. The van der Waals surface area contributed by atoms with Crippen molar-refractivity contribution in [3.63, 3.8) is 0 Å². The van der Waals surface area contributed by atoms with E-state index in [1.165, 1.54) is 6.33 Å². The number of benzene rings is 2. The average molecular weight is 484 g/mol. The van der Waals surface area contributed by atoms with Crippen LogP contribution in [0.1, 0.15) is 12.2 Å². The largest absolute Gasteiger partial charge is 0.497 e. The van der Waals surface area contributed by atoms with E-state index in [0.717, 1.165) is 17.2 Å². The quantitative estimate of drug-likeness (QED) is 0.412. The van der Waals surface area contributed by atoms with Crippen molar-refractivity contribution in [2.24, 2.45) is 5.92 Å². The summed E-state index contributed by atoms with van der Waals surface area (Å²) in [5.41, 5.74) is 2.18. The molecule has 1 fully saturated rings. The maximum atomic E-state index is 12.9. The number of hydrogen-bond donors (Lipinski definition) is 2. The predicted molar refractivity (Wildman–Crippen MR) is 136 cm³/mol. The summed E-state index contributed by atoms with van der Waals surface area (Å²) < 4.78 is 7.11. The minimum absolute atomic E-state index is 0.0851. The summed E-state index contributed by atoms with van der Waals surface area (Å²) in [4.78, 5) is 39.8. The Morgan fingerprint density at radius 3 is 2.61 bits per heavy atom. The second-order valence-electron chi connectivity index (χ2n) is 8.40. The molecule has 2 aromatic carbocycles. The third-order valence-corrected chi connectivity index (χ3v) is 6.01. The number of hydrogen-bond acceptors (Lipinski definition) is 7. The number of imidazole rings is 1. The zero-order chi connectivity index (χ0) is 25.1. The molecule has 0 spiro atoms. The smallest absolute Gasteiger partial charge is 0.229 e. The first kappa shape index (κ1) is 23.0. The summed E-state index contributed by atoms with van der Waals surface area (Å²) in [6, 6.07) is 16.4. The van der Waals surface area contributed by atoms with Crippen molar-refractivity contribution in [1.82, 2.24) is 19.5 Å². The number of aromatic nitrogens is 4. The van der Waals surface area contributed by atoms with E-state index < -0.39 is 5.92 Å². The fourth-order valence-corrected chi connectivity index (χ4v) is 4.11. The maximum Gasteiger partial charge on any atom is 0.229 e. The van der Waals surface area contributed by atoms with Crippen LogP contribution in [0.25, 0.3) is 5.82 Å². The Bertz CT molecular complexity index is 1400. The van der Waals surface area contributed by atoms with Gasteiger partial charge >= 0.3 is 0 Å². The van der Waals surface area contributed by atoms with Gasteiger partial charge in [0, 0.05) is 54.6 Å². The molecule has 2 N–H and O–H groups in total. The Hall–Kier alpha value is -4.73. The summed E-state index contributed by atoms with van der Waals surface area (Å²) in [7, 11) is 1.58. The van der Waals surface area contributed by atoms with Crippen molar-refractivity contribution < 1.29 is 14.3 Å². The second-order valence-corrected chi connectivity index (χ2v) is 8.40. The van der Waals surface area contributed by atoms with Crippen molar-refractivity contribution in [1.29, 1.82) is 0 Å². The van der Waals surface area contributed by atoms with Gasteiger partial charge in [0.1, 0.15) is 29.5 Å². The lowest BCUT2D eigenvalue weighted by molar-refractivity contribution is -0.122. The first-order valence-corrected chi connectivity index (χ1v) is 11.4. The molecule has 5 rings (SSSR count). The Morgan fingerprint density at radius 1 is 1.06 bits per heavy atom. The minimum Gasteiger partial charge on any atom is -0.497 e. The molecule has 0 unspecified atom stereocenters. The zero-order valence-electron chi connectivity index (χ0n) is 19.9. The van der Waals surface area contributed by atoms with Crippen molar-refractivity contribution in [3.8, 4) is 11.6 Å². The van der Waals surface area contributed by atoms with Crippen molar-refractivity contribution in [3.05, 3.63) is 79.1 Å². The summed E-state index contributed by atoms with van der Waals surface area (Å²) >= 11 is 0. The topological polar surface area (TPSA) is 114 Å². The van der Waals surface area contributed by atoms with Crippen LogP contribution in [0.15, 0.2) is 73.3 Å². The van der Waals surface area contributed by atoms with Crippen LogP contribution in [0.5, 0.6) is 5.75 Å². The van der Waals surface area contributed by atoms with E-state index in [9.17, 15) is 9.59 Å². The van der Waals surface area contributed by atoms with Gasteiger partial charge in [-0.15, -0.1) is 0 Å². The number of methoxy groups -OCH3 is 1. The van der Waals surface area contributed by atoms with E-state index in [4.69, 9.17) is 4.74 Å². The number of anilines is 4. The number of carbonyl (C=O) groups is 2. The lowest BCUT2D eigenvalue weighted by Crippen LogP contribution is -2.28. The van der Waals surface area contributed by atoms with E-state index in [1.807, 2.05) is 54.1 Å². The number of nitrogens with one attached hydrogen (secondary N) is 2. The third kappa shape index (κ3) is 4.88. The van der Waals surface area contributed by atoms with Crippen LogP contribution in [-0.4, -0.2) is 45.0 Å². The molecular formula is C26H25N7O3. The fraction of sp³-hybridized carbons (Fsp3) is 0.192. The van der Waals surface area contributed by atoms with Gasteiger partial charge in [-0.1, -0.05) is 6.07 Å². The average Bonchev–Trinajstić information content (AvgIpc) is 3.51. The Kier molecular flexibility index (Phi) is 6.31. The van der Waals surface area contributed by atoms with Gasteiger partial charge in [0.2, 0.25) is 11.8 Å². The first-order valence-electron chi connectivity index (χ1n) is 11.4. The molecule has 2 amide bonds. The highest BCUT2D eigenvalue weighted by Gasteiger charge is 2.35. The predicted octanol–water partition coefficient (Wildman–Crippen LogP) is 3.71. The van der Waals surface area contributed by atoms with Crippen LogP contribution in [0.2, 0.25) is 0 Å². The summed E-state index contributed by atoms with van der Waals surface area (Å²) in [6.45, 7) is 2.23. The fourth-order valence-electron chi connectivity index (χ4n) is 4.11. The number of carbonyl (C=O) groups excluding carboxylic acids is 2. The lowest BCUT2D eigenvalue weighted by Gasteiger charge is -2.17. The van der Waals surface area contributed by atoms with Crippen LogP contribution in [0.3, 0.4) is 0 Å². The van der Waals surface area contributed by atoms with E-state index >= 15 is 0 Å². The van der Waals surface area contributed by atoms with Crippen LogP contribution < -0.4 is 20.3 Å². The minimum atomic E-state index is -0.437. The highest BCUT2D eigenvalue weighted by atomic mass is 16.5. The molecule has 1 aliphatic heterocycles. The molecule has 0 radical (unpaired) electrons. The molecule has 0 bridgehead atoms. The molecule has 1 atom stereocenters. The SMILES string of the molecule is COc1cccc(N2C[C@@H](C(=O)Nc3ccc(Nc4cc(-n5ccnc5C)ncn4)cc3)CC2=O)c1. The Morgan fingerprint density at radius 2 is 1.86 bits per heavy atom. The second kappa shape index (κ2) is 9.87. The standard InChI is InChI=1S/C26H25N7O3/c1-17-27-10-11-32(17)24-14-23(28-16-29-24)30-19-6-8-20(9-7-19)31-26(35)18-12-25(34)33(15-18)21-4-3-5-22(13-21)36-2/h3-11,13-14,16,18H,12,15H2,1-2H3,(H,31,35)(H,28,29,30)/t18-/m0/s1. The summed E-state index contributed by atoms with van der Waals surface area (Å²) in [5.74, 6) is 2.12. The molecule has 1 aliphatic rings. The monoisotopic (exact) mass is 483 g/mol. The van der Waals surface area contributed by atoms with Crippen LogP contribution in [0.4, 0.5) is 22.9 Å². The van der Waals surface area contributed by atoms with Crippen molar-refractivity contribution >= 4 is 34.7 Å². The number of nitrogens with zero attached hydrogens (tertiary/aromatic N) is 5. The molecule has 0 aliphatic carbocycles. The number of aryl methyl sites for hydroxylation is 1. The molecule has 10 heteroatoms. The third-order valence-electron chi connectivity index (χ3n) is 6.01. The van der Waals surface area contributed by atoms with Gasteiger partial charge in [-0.05, 0) is 43.3 Å². The number of ether oxygens (including phenoxy) is 1. The molecule has 0 saturated carbocycles. The maximum absolute atomic E-state index is 12.9. The van der Waals surface area contributed by atoms with Gasteiger partial charge in [0.05, 0.1) is 13.0 Å². The van der Waals surface area contributed by atoms with Gasteiger partial charge < -0.3 is 20.3 Å². The van der Waals surface area contributed by atoms with E-state index in [2.05, 4.69) is 25.6 Å². The van der Waals surface area contributed by atoms with Crippen molar-refractivity contribution in [2.45, 2.75) is 13.3 Å². The zero-order valence-corrected chi connectivity index (χ0v) is 19.9. The molecule has 10 nitrogen and oxygen atoms in total. The normalized spacial score (nSPS) is 15.1. The van der Waals surface area contributed by atoms with E-state index in [-0.39, 0.29) is 18.2 Å². The van der Waals surface area contributed by atoms with Crippen LogP contribution >= 0.6 is 0 Å². The van der Waals surface area contributed by atoms with Crippen molar-refractivity contribution in [2.75, 3.05) is 29.2 Å². The van der Waals surface area contributed by atoms with E-state index in [1.54, 1.807) is 36.4 Å². The van der Waals surface area contributed by atoms with Gasteiger partial charge in [-0.3, -0.25) is 14.2 Å². The molecular weight excluding hydrogens is 458 g/mol. The molecule has 2 aromatic heterocycles. The van der Waals surface area contributed by atoms with Gasteiger partial charge in [-0.25, -0.2) is 15.0 Å².